The molecule has 0 aliphatic carbocycles. The molecule has 1 aromatic rings. The van der Waals surface area contributed by atoms with E-state index in [0.717, 1.165) is 5.69 Å². The van der Waals surface area contributed by atoms with Crippen LogP contribution in [0.4, 0.5) is 0 Å². The maximum Gasteiger partial charge on any atom is 0.264 e. The quantitative estimate of drug-likeness (QED) is 0.546. The van der Waals surface area contributed by atoms with Crippen molar-refractivity contribution < 1.29 is 0 Å². The van der Waals surface area contributed by atoms with E-state index < -0.39 is 0 Å². The van der Waals surface area contributed by atoms with Crippen molar-refractivity contribution in [2.45, 2.75) is 21.8 Å². The summed E-state index contributed by atoms with van der Waals surface area (Å²) < 4.78 is 0. The first-order valence-corrected chi connectivity index (χ1v) is 2.03. The van der Waals surface area contributed by atoms with Gasteiger partial charge in [0.15, 0.2) is 0 Å². The summed E-state index contributed by atoms with van der Waals surface area (Å²) in [4.78, 5) is 10.2. The summed E-state index contributed by atoms with van der Waals surface area (Å²) in [6.07, 6.45) is 0. The lowest BCUT2D eigenvalue weighted by Gasteiger charge is -1.69. The van der Waals surface area contributed by atoms with Crippen LogP contribution in [0.15, 0.2) is 10.9 Å². The lowest BCUT2D eigenvalue weighted by atomic mass is 10.5. The normalized spacial score (nSPS) is 7.22. The fraction of sp³-hybridized carbons (Fsp3) is 0.500. The third-order valence-corrected chi connectivity index (χ3v) is 0.730. The molecule has 0 spiro atoms. The minimum absolute atomic E-state index is 0. The Kier molecular flexibility index (Phi) is 4.78. The fourth-order valence-corrected chi connectivity index (χ4v) is 0.429. The zero-order chi connectivity index (χ0) is 5.28. The van der Waals surface area contributed by atoms with Crippen LogP contribution in [0.5, 0.6) is 0 Å². The molecular weight excluding hydrogens is 116 g/mol. The lowest BCUT2D eigenvalue weighted by Crippen LogP contribution is -1.93. The maximum atomic E-state index is 10.2. The lowest BCUT2D eigenvalue weighted by molar-refractivity contribution is 1.02. The van der Waals surface area contributed by atoms with E-state index in [1.807, 2.05) is 6.92 Å². The fourth-order valence-electron chi connectivity index (χ4n) is 0.429. The summed E-state index contributed by atoms with van der Waals surface area (Å²) in [7, 11) is 0. The minimum Gasteiger partial charge on any atom is -0.303 e. The van der Waals surface area contributed by atoms with E-state index in [-0.39, 0.29) is 20.4 Å². The minimum atomic E-state index is -0.0718. The van der Waals surface area contributed by atoms with Gasteiger partial charge < -0.3 is 5.10 Å². The first-order valence-electron chi connectivity index (χ1n) is 2.03. The third kappa shape index (κ3) is 2.74. The first-order chi connectivity index (χ1) is 3.29. The molecule has 3 nitrogen and oxygen atoms in total. The molecule has 0 saturated carbocycles. The maximum absolute atomic E-state index is 10.2. The predicted molar refractivity (Wildman–Crippen MR) is 39.6 cm³/mol. The standard InChI is InChI=1S/C4H6N2O.2CH4/c1-3-2-4(7)6-5-3;;/h2H,1H3,(H2,5,6,7);2*1H4. The van der Waals surface area contributed by atoms with Gasteiger partial charge in [0.2, 0.25) is 0 Å². The van der Waals surface area contributed by atoms with Gasteiger partial charge in [-0.2, -0.15) is 0 Å². The number of hydrogen-bond acceptors (Lipinski definition) is 1. The van der Waals surface area contributed by atoms with Crippen LogP contribution in [0.3, 0.4) is 0 Å². The average Bonchev–Trinajstić information content (AvgIpc) is 1.87. The van der Waals surface area contributed by atoms with Gasteiger partial charge in [-0.1, -0.05) is 14.9 Å². The Morgan fingerprint density at radius 1 is 1.33 bits per heavy atom. The van der Waals surface area contributed by atoms with Crippen LogP contribution in [-0.4, -0.2) is 10.2 Å². The zero-order valence-electron chi connectivity index (χ0n) is 3.99. The topological polar surface area (TPSA) is 48.6 Å². The number of rotatable bonds is 0. The van der Waals surface area contributed by atoms with Gasteiger partial charge in [0.1, 0.15) is 0 Å². The van der Waals surface area contributed by atoms with Crippen molar-refractivity contribution in [2.75, 3.05) is 0 Å². The summed E-state index contributed by atoms with van der Waals surface area (Å²) in [6, 6.07) is 1.50. The molecule has 0 radical (unpaired) electrons. The molecule has 0 saturated heterocycles. The molecule has 0 aliphatic rings. The third-order valence-electron chi connectivity index (χ3n) is 0.730. The van der Waals surface area contributed by atoms with Crippen LogP contribution in [0.25, 0.3) is 0 Å². The summed E-state index contributed by atoms with van der Waals surface area (Å²) in [5.74, 6) is 0. The van der Waals surface area contributed by atoms with E-state index in [9.17, 15) is 4.79 Å². The first kappa shape index (κ1) is 10.9. The molecule has 0 unspecified atom stereocenters. The molecular formula is C6H14N2O. The summed E-state index contributed by atoms with van der Waals surface area (Å²) in [5, 5.41) is 5.02. The van der Waals surface area contributed by atoms with Crippen molar-refractivity contribution in [1.29, 1.82) is 0 Å². The van der Waals surface area contributed by atoms with Gasteiger partial charge in [0.05, 0.1) is 0 Å². The van der Waals surface area contributed by atoms with Gasteiger partial charge in [-0.25, -0.2) is 0 Å². The average molecular weight is 130 g/mol. The molecule has 0 amide bonds. The Hall–Kier alpha value is -0.990. The second kappa shape index (κ2) is 3.95. The largest absolute Gasteiger partial charge is 0.303 e. The Labute approximate surface area is 55.1 Å². The van der Waals surface area contributed by atoms with E-state index in [1.54, 1.807) is 0 Å². The van der Waals surface area contributed by atoms with Gasteiger partial charge in [0.25, 0.3) is 5.56 Å². The number of aryl methyl sites for hydroxylation is 1. The highest BCUT2D eigenvalue weighted by Crippen LogP contribution is 1.76. The Balaban J connectivity index is 0. The van der Waals surface area contributed by atoms with Gasteiger partial charge in [-0.05, 0) is 6.92 Å². The van der Waals surface area contributed by atoms with E-state index in [2.05, 4.69) is 10.2 Å². The van der Waals surface area contributed by atoms with Crippen LogP contribution in [0, 0.1) is 6.92 Å². The molecule has 3 heteroatoms. The highest BCUT2D eigenvalue weighted by atomic mass is 16.1. The Bertz CT molecular complexity index is 199. The van der Waals surface area contributed by atoms with Gasteiger partial charge in [-0.15, -0.1) is 0 Å². The van der Waals surface area contributed by atoms with E-state index in [1.165, 1.54) is 6.07 Å². The van der Waals surface area contributed by atoms with Crippen LogP contribution >= 0.6 is 0 Å². The van der Waals surface area contributed by atoms with Crippen molar-refractivity contribution >= 4 is 0 Å². The highest BCUT2D eigenvalue weighted by Gasteiger charge is 1.81. The van der Waals surface area contributed by atoms with Crippen LogP contribution in [-0.2, 0) is 0 Å². The second-order valence-electron chi connectivity index (χ2n) is 1.44. The molecule has 2 N–H and O–H groups in total. The monoisotopic (exact) mass is 130 g/mol. The van der Waals surface area contributed by atoms with Crippen LogP contribution < -0.4 is 5.56 Å². The molecule has 9 heavy (non-hydrogen) atoms. The second-order valence-corrected chi connectivity index (χ2v) is 1.44. The van der Waals surface area contributed by atoms with Gasteiger partial charge in [0, 0.05) is 11.8 Å². The molecule has 0 atom stereocenters. The summed E-state index contributed by atoms with van der Waals surface area (Å²) in [6.45, 7) is 1.82. The number of aromatic nitrogens is 2. The number of hydrogen-bond donors (Lipinski definition) is 2. The number of H-pyrrole nitrogens is 2. The SMILES string of the molecule is C.C.Cc1cc(=O)[nH][nH]1. The molecule has 1 aromatic heterocycles. The van der Waals surface area contributed by atoms with E-state index >= 15 is 0 Å². The molecule has 1 heterocycles. The summed E-state index contributed by atoms with van der Waals surface area (Å²) in [5.41, 5.74) is 0.794. The number of aromatic amines is 2. The van der Waals surface area contributed by atoms with Crippen molar-refractivity contribution in [3.63, 3.8) is 0 Å². The zero-order valence-corrected chi connectivity index (χ0v) is 3.99. The van der Waals surface area contributed by atoms with E-state index in [0.29, 0.717) is 0 Å². The van der Waals surface area contributed by atoms with Crippen molar-refractivity contribution in [3.8, 4) is 0 Å². The molecule has 0 aliphatic heterocycles. The van der Waals surface area contributed by atoms with Crippen molar-refractivity contribution in [3.05, 3.63) is 22.1 Å². The molecule has 0 bridgehead atoms. The Morgan fingerprint density at radius 2 is 1.89 bits per heavy atom. The molecule has 54 valence electrons. The van der Waals surface area contributed by atoms with E-state index in [4.69, 9.17) is 0 Å². The molecule has 0 fully saturated rings. The number of nitrogens with one attached hydrogen (secondary N) is 2. The van der Waals surface area contributed by atoms with Crippen molar-refractivity contribution in [1.82, 2.24) is 10.2 Å². The predicted octanol–water partition coefficient (Wildman–Crippen LogP) is 1.28. The van der Waals surface area contributed by atoms with Gasteiger partial charge in [-0.3, -0.25) is 9.89 Å². The highest BCUT2D eigenvalue weighted by molar-refractivity contribution is 4.92. The van der Waals surface area contributed by atoms with Crippen molar-refractivity contribution in [2.24, 2.45) is 0 Å². The molecule has 0 aromatic carbocycles. The van der Waals surface area contributed by atoms with Gasteiger partial charge >= 0.3 is 0 Å². The summed E-state index contributed by atoms with van der Waals surface area (Å²) >= 11 is 0. The Morgan fingerprint density at radius 3 is 2.00 bits per heavy atom. The smallest absolute Gasteiger partial charge is 0.264 e. The van der Waals surface area contributed by atoms with Crippen LogP contribution in [0.2, 0.25) is 0 Å². The van der Waals surface area contributed by atoms with Crippen LogP contribution in [0.1, 0.15) is 20.5 Å². The molecule has 1 rings (SSSR count).